The second-order valence-corrected chi connectivity index (χ2v) is 6.78. The quantitative estimate of drug-likeness (QED) is 0.722. The number of fused-ring (bicyclic) bond motifs is 1. The van der Waals surface area contributed by atoms with Crippen LogP contribution in [0.1, 0.15) is 46.3 Å². The van der Waals surface area contributed by atoms with Crippen LogP contribution >= 0.6 is 11.3 Å². The van der Waals surface area contributed by atoms with Crippen molar-refractivity contribution >= 4 is 33.0 Å². The van der Waals surface area contributed by atoms with Crippen LogP contribution in [-0.4, -0.2) is 10.8 Å². The molecule has 112 valence electrons. The van der Waals surface area contributed by atoms with Crippen LogP contribution in [-0.2, 0) is 0 Å². The van der Waals surface area contributed by atoms with Crippen LogP contribution in [0.3, 0.4) is 0 Å². The summed E-state index contributed by atoms with van der Waals surface area (Å²) < 4.78 is 0. The van der Waals surface area contributed by atoms with Crippen molar-refractivity contribution < 1.29 is 4.79 Å². The summed E-state index contributed by atoms with van der Waals surface area (Å²) in [6.45, 7) is 6.20. The Morgan fingerprint density at radius 3 is 2.45 bits per heavy atom. The highest BCUT2D eigenvalue weighted by atomic mass is 32.1. The molecule has 2 N–H and O–H groups in total. The zero-order valence-electron chi connectivity index (χ0n) is 12.9. The van der Waals surface area contributed by atoms with E-state index in [2.05, 4.69) is 18.8 Å². The molecule has 0 atom stereocenters. The predicted molar refractivity (Wildman–Crippen MR) is 92.7 cm³/mol. The van der Waals surface area contributed by atoms with E-state index < -0.39 is 0 Å². The third kappa shape index (κ3) is 2.50. The van der Waals surface area contributed by atoms with E-state index in [9.17, 15) is 4.79 Å². The van der Waals surface area contributed by atoms with Crippen molar-refractivity contribution in [3.05, 3.63) is 58.1 Å². The molecule has 0 saturated heterocycles. The van der Waals surface area contributed by atoms with Gasteiger partial charge in [0, 0.05) is 16.6 Å². The molecule has 0 aliphatic carbocycles. The lowest BCUT2D eigenvalue weighted by Gasteiger charge is -2.03. The van der Waals surface area contributed by atoms with Crippen LogP contribution in [0.25, 0.3) is 10.2 Å². The molecule has 1 aromatic carbocycles. The van der Waals surface area contributed by atoms with E-state index in [1.165, 1.54) is 11.3 Å². The topological polar surface area (TPSA) is 56.0 Å². The van der Waals surface area contributed by atoms with Crippen molar-refractivity contribution in [3.8, 4) is 0 Å². The van der Waals surface area contributed by atoms with Crippen molar-refractivity contribution in [2.75, 3.05) is 5.73 Å². The number of aromatic nitrogens is 1. The smallest absolute Gasteiger partial charge is 0.205 e. The lowest BCUT2D eigenvalue weighted by atomic mass is 10.1. The minimum Gasteiger partial charge on any atom is -0.397 e. The third-order valence-corrected chi connectivity index (χ3v) is 4.84. The second-order valence-electron chi connectivity index (χ2n) is 5.78. The van der Waals surface area contributed by atoms with Gasteiger partial charge in [-0.25, -0.2) is 4.98 Å². The molecule has 0 unspecified atom stereocenters. The zero-order valence-corrected chi connectivity index (χ0v) is 13.7. The fraction of sp³-hybridized carbons (Fsp3) is 0.222. The first kappa shape index (κ1) is 14.7. The SMILES string of the molecule is Cc1ccc(C(=O)c2sc3nc(C(C)C)ccc3c2N)cc1. The van der Waals surface area contributed by atoms with Crippen LogP contribution in [0.5, 0.6) is 0 Å². The molecular weight excluding hydrogens is 292 g/mol. The summed E-state index contributed by atoms with van der Waals surface area (Å²) >= 11 is 1.38. The molecule has 0 radical (unpaired) electrons. The maximum absolute atomic E-state index is 12.7. The summed E-state index contributed by atoms with van der Waals surface area (Å²) in [5.41, 5.74) is 9.52. The molecule has 0 bridgehead atoms. The van der Waals surface area contributed by atoms with Gasteiger partial charge in [-0.2, -0.15) is 0 Å². The first-order valence-electron chi connectivity index (χ1n) is 7.27. The van der Waals surface area contributed by atoms with Gasteiger partial charge in [-0.3, -0.25) is 4.79 Å². The number of carbonyl (C=O) groups excluding carboxylic acids is 1. The van der Waals surface area contributed by atoms with Crippen LogP contribution in [0.2, 0.25) is 0 Å². The maximum atomic E-state index is 12.7. The van der Waals surface area contributed by atoms with E-state index in [4.69, 9.17) is 5.73 Å². The highest BCUT2D eigenvalue weighted by Crippen LogP contribution is 2.34. The largest absolute Gasteiger partial charge is 0.397 e. The highest BCUT2D eigenvalue weighted by Gasteiger charge is 2.19. The summed E-state index contributed by atoms with van der Waals surface area (Å²) in [4.78, 5) is 18.7. The van der Waals surface area contributed by atoms with Gasteiger partial charge in [0.25, 0.3) is 0 Å². The number of hydrogen-bond donors (Lipinski definition) is 1. The zero-order chi connectivity index (χ0) is 15.9. The van der Waals surface area contributed by atoms with Crippen LogP contribution in [0.15, 0.2) is 36.4 Å². The Morgan fingerprint density at radius 2 is 1.82 bits per heavy atom. The number of pyridine rings is 1. The highest BCUT2D eigenvalue weighted by molar-refractivity contribution is 7.21. The summed E-state index contributed by atoms with van der Waals surface area (Å²) in [6.07, 6.45) is 0. The monoisotopic (exact) mass is 310 g/mol. The lowest BCUT2D eigenvalue weighted by Crippen LogP contribution is -2.01. The van der Waals surface area contributed by atoms with Gasteiger partial charge in [0.05, 0.1) is 5.69 Å². The molecule has 0 fully saturated rings. The molecule has 2 aromatic heterocycles. The van der Waals surface area contributed by atoms with Gasteiger partial charge < -0.3 is 5.73 Å². The number of thiophene rings is 1. The van der Waals surface area contributed by atoms with E-state index >= 15 is 0 Å². The van der Waals surface area contributed by atoms with Gasteiger partial charge in [-0.1, -0.05) is 43.7 Å². The third-order valence-electron chi connectivity index (χ3n) is 3.73. The number of anilines is 1. The van der Waals surface area contributed by atoms with Gasteiger partial charge in [0.15, 0.2) is 0 Å². The van der Waals surface area contributed by atoms with Gasteiger partial charge in [0.1, 0.15) is 9.71 Å². The summed E-state index contributed by atoms with van der Waals surface area (Å²) in [5, 5.41) is 0.866. The average Bonchev–Trinajstić information content (AvgIpc) is 2.84. The Labute approximate surface area is 133 Å². The number of nitrogens with zero attached hydrogens (tertiary/aromatic N) is 1. The van der Waals surface area contributed by atoms with E-state index in [0.29, 0.717) is 22.0 Å². The molecule has 0 aliphatic heterocycles. The van der Waals surface area contributed by atoms with E-state index in [0.717, 1.165) is 21.5 Å². The maximum Gasteiger partial charge on any atom is 0.205 e. The fourth-order valence-corrected chi connectivity index (χ4v) is 3.40. The molecule has 0 amide bonds. The number of nitrogens with two attached hydrogens (primary N) is 1. The molecule has 3 nitrogen and oxygen atoms in total. The lowest BCUT2D eigenvalue weighted by molar-refractivity contribution is 0.104. The van der Waals surface area contributed by atoms with E-state index in [1.54, 1.807) is 0 Å². The summed E-state index contributed by atoms with van der Waals surface area (Å²) in [7, 11) is 0. The predicted octanol–water partition coefficient (Wildman–Crippen LogP) is 4.54. The van der Waals surface area contributed by atoms with Crippen molar-refractivity contribution in [3.63, 3.8) is 0 Å². The number of hydrogen-bond acceptors (Lipinski definition) is 4. The minimum absolute atomic E-state index is 0.0356. The van der Waals surface area contributed by atoms with Crippen molar-refractivity contribution in [1.82, 2.24) is 4.98 Å². The first-order valence-corrected chi connectivity index (χ1v) is 8.09. The van der Waals surface area contributed by atoms with Gasteiger partial charge in [-0.15, -0.1) is 11.3 Å². The fourth-order valence-electron chi connectivity index (χ4n) is 2.34. The van der Waals surface area contributed by atoms with Crippen molar-refractivity contribution in [1.29, 1.82) is 0 Å². The normalized spacial score (nSPS) is 11.3. The van der Waals surface area contributed by atoms with Gasteiger partial charge in [0.2, 0.25) is 5.78 Å². The van der Waals surface area contributed by atoms with E-state index in [-0.39, 0.29) is 5.78 Å². The number of rotatable bonds is 3. The Hall–Kier alpha value is -2.20. The number of aryl methyl sites for hydroxylation is 1. The van der Waals surface area contributed by atoms with Crippen molar-refractivity contribution in [2.24, 2.45) is 0 Å². The Balaban J connectivity index is 2.08. The van der Waals surface area contributed by atoms with Crippen LogP contribution < -0.4 is 5.73 Å². The molecule has 2 heterocycles. The molecule has 3 aromatic rings. The summed E-state index contributed by atoms with van der Waals surface area (Å²) in [5.74, 6) is 0.315. The molecule has 0 aliphatic rings. The second kappa shape index (κ2) is 5.54. The minimum atomic E-state index is -0.0356. The number of ketones is 1. The van der Waals surface area contributed by atoms with E-state index in [1.807, 2.05) is 43.3 Å². The molecule has 3 rings (SSSR count). The van der Waals surface area contributed by atoms with Crippen LogP contribution in [0, 0.1) is 6.92 Å². The first-order chi connectivity index (χ1) is 10.5. The number of benzene rings is 1. The molecule has 0 saturated carbocycles. The van der Waals surface area contributed by atoms with Crippen molar-refractivity contribution in [2.45, 2.75) is 26.7 Å². The average molecular weight is 310 g/mol. The Morgan fingerprint density at radius 1 is 1.14 bits per heavy atom. The van der Waals surface area contributed by atoms with Crippen LogP contribution in [0.4, 0.5) is 5.69 Å². The number of carbonyl (C=O) groups is 1. The molecular formula is C18H18N2OS. The molecule has 4 heteroatoms. The molecule has 0 spiro atoms. The summed E-state index contributed by atoms with van der Waals surface area (Å²) in [6, 6.07) is 11.5. The Kier molecular flexibility index (Phi) is 3.71. The molecule has 22 heavy (non-hydrogen) atoms. The standard InChI is InChI=1S/C18H18N2OS/c1-10(2)14-9-8-13-15(19)17(22-18(13)20-14)16(21)12-6-4-11(3)5-7-12/h4-10H,19H2,1-3H3. The Bertz CT molecular complexity index is 847. The van der Waals surface area contributed by atoms with Gasteiger partial charge in [-0.05, 0) is 25.0 Å². The number of nitrogen functional groups attached to an aromatic ring is 1. The van der Waals surface area contributed by atoms with Gasteiger partial charge >= 0.3 is 0 Å².